The summed E-state index contributed by atoms with van der Waals surface area (Å²) in [6, 6.07) is 15.3. The summed E-state index contributed by atoms with van der Waals surface area (Å²) >= 11 is 0. The van der Waals surface area contributed by atoms with E-state index in [9.17, 15) is 9.18 Å². The molecule has 4 rings (SSSR count). The van der Waals surface area contributed by atoms with E-state index in [-0.39, 0.29) is 11.7 Å². The highest BCUT2D eigenvalue weighted by Gasteiger charge is 2.22. The summed E-state index contributed by atoms with van der Waals surface area (Å²) in [5.41, 5.74) is 1.10. The molecule has 0 saturated carbocycles. The lowest BCUT2D eigenvalue weighted by atomic mass is 10.3. The summed E-state index contributed by atoms with van der Waals surface area (Å²) in [5, 5.41) is 14.3. The van der Waals surface area contributed by atoms with Crippen molar-refractivity contribution in [1.29, 1.82) is 0 Å². The minimum Gasteiger partial charge on any atom is -0.352 e. The minimum absolute atomic E-state index is 0.182. The number of hydrogen-bond donors (Lipinski definition) is 2. The van der Waals surface area contributed by atoms with Crippen LogP contribution >= 0.6 is 0 Å². The number of aryl methyl sites for hydroxylation is 1. The average molecular weight is 407 g/mol. The zero-order valence-electron chi connectivity index (χ0n) is 16.5. The van der Waals surface area contributed by atoms with E-state index in [4.69, 9.17) is 0 Å². The molecule has 2 aromatic heterocycles. The fraction of sp³-hybridized carbons (Fsp3) is 0.238. The van der Waals surface area contributed by atoms with E-state index in [1.807, 2.05) is 37.3 Å². The number of carbonyl (C=O) groups is 1. The standard InChI is InChI=1S/C21H22FN7O/c1-15-5-4-8-18(23-15)25-19-9-10-20(27-26-19)28-11-13-29(14-12-28)21(30)24-17-7-3-2-6-16(17)22/h2-10H,11-14H2,1H3,(H,24,30)(H,23,25,26). The van der Waals surface area contributed by atoms with Crippen molar-refractivity contribution < 1.29 is 9.18 Å². The smallest absolute Gasteiger partial charge is 0.322 e. The second kappa shape index (κ2) is 8.73. The van der Waals surface area contributed by atoms with Crippen LogP contribution in [0.15, 0.2) is 54.6 Å². The van der Waals surface area contributed by atoms with Crippen LogP contribution in [-0.2, 0) is 0 Å². The molecule has 0 bridgehead atoms. The van der Waals surface area contributed by atoms with Gasteiger partial charge in [-0.15, -0.1) is 10.2 Å². The summed E-state index contributed by atoms with van der Waals surface area (Å²) in [4.78, 5) is 20.5. The van der Waals surface area contributed by atoms with Crippen LogP contribution in [0.2, 0.25) is 0 Å². The molecule has 1 aliphatic heterocycles. The Labute approximate surface area is 173 Å². The number of nitrogens with one attached hydrogen (secondary N) is 2. The van der Waals surface area contributed by atoms with Crippen LogP contribution in [0.5, 0.6) is 0 Å². The fourth-order valence-corrected chi connectivity index (χ4v) is 3.20. The van der Waals surface area contributed by atoms with Gasteiger partial charge in [0.1, 0.15) is 11.6 Å². The predicted molar refractivity (Wildman–Crippen MR) is 113 cm³/mol. The van der Waals surface area contributed by atoms with Crippen LogP contribution in [0.4, 0.5) is 32.3 Å². The number of para-hydroxylation sites is 1. The van der Waals surface area contributed by atoms with E-state index in [2.05, 4.69) is 30.7 Å². The lowest BCUT2D eigenvalue weighted by Gasteiger charge is -2.35. The predicted octanol–water partition coefficient (Wildman–Crippen LogP) is 3.42. The Morgan fingerprint density at radius 3 is 2.43 bits per heavy atom. The van der Waals surface area contributed by atoms with Crippen LogP contribution < -0.4 is 15.5 Å². The van der Waals surface area contributed by atoms with Gasteiger partial charge in [-0.2, -0.15) is 0 Å². The lowest BCUT2D eigenvalue weighted by molar-refractivity contribution is 0.208. The summed E-state index contributed by atoms with van der Waals surface area (Å²) in [6.07, 6.45) is 0. The number of halogens is 1. The van der Waals surface area contributed by atoms with Gasteiger partial charge in [-0.25, -0.2) is 14.2 Å². The monoisotopic (exact) mass is 407 g/mol. The number of aromatic nitrogens is 3. The van der Waals surface area contributed by atoms with Crippen molar-refractivity contribution in [2.24, 2.45) is 0 Å². The molecular weight excluding hydrogens is 385 g/mol. The SMILES string of the molecule is Cc1cccc(Nc2ccc(N3CCN(C(=O)Nc4ccccc4F)CC3)nn2)n1. The molecule has 3 aromatic rings. The van der Waals surface area contributed by atoms with Crippen molar-refractivity contribution in [3.8, 4) is 0 Å². The third-order valence-corrected chi connectivity index (χ3v) is 4.80. The second-order valence-electron chi connectivity index (χ2n) is 6.95. The molecule has 30 heavy (non-hydrogen) atoms. The van der Waals surface area contributed by atoms with E-state index in [0.717, 1.165) is 11.5 Å². The third kappa shape index (κ3) is 4.62. The molecule has 2 amide bonds. The van der Waals surface area contributed by atoms with Crippen LogP contribution in [-0.4, -0.2) is 52.3 Å². The number of benzene rings is 1. The molecule has 0 spiro atoms. The molecular formula is C21H22FN7O. The Kier molecular flexibility index (Phi) is 5.69. The third-order valence-electron chi connectivity index (χ3n) is 4.80. The number of urea groups is 1. The largest absolute Gasteiger partial charge is 0.352 e. The molecule has 8 nitrogen and oxygen atoms in total. The van der Waals surface area contributed by atoms with Gasteiger partial charge in [0.2, 0.25) is 0 Å². The molecule has 1 saturated heterocycles. The number of nitrogens with zero attached hydrogens (tertiary/aromatic N) is 5. The zero-order chi connectivity index (χ0) is 20.9. The first kappa shape index (κ1) is 19.6. The molecule has 1 fully saturated rings. The van der Waals surface area contributed by atoms with Crippen molar-refractivity contribution in [3.05, 3.63) is 66.1 Å². The van der Waals surface area contributed by atoms with Crippen molar-refractivity contribution >= 4 is 29.2 Å². The van der Waals surface area contributed by atoms with Gasteiger partial charge in [-0.05, 0) is 43.3 Å². The van der Waals surface area contributed by atoms with Gasteiger partial charge in [0.05, 0.1) is 5.69 Å². The molecule has 1 aromatic carbocycles. The van der Waals surface area contributed by atoms with Gasteiger partial charge in [0, 0.05) is 31.9 Å². The maximum absolute atomic E-state index is 13.7. The first-order valence-corrected chi connectivity index (χ1v) is 9.68. The van der Waals surface area contributed by atoms with Gasteiger partial charge >= 0.3 is 6.03 Å². The van der Waals surface area contributed by atoms with Gasteiger partial charge < -0.3 is 20.4 Å². The normalized spacial score (nSPS) is 13.8. The number of anilines is 4. The molecule has 0 aliphatic carbocycles. The zero-order valence-corrected chi connectivity index (χ0v) is 16.5. The molecule has 154 valence electrons. The highest BCUT2D eigenvalue weighted by Crippen LogP contribution is 2.18. The first-order valence-electron chi connectivity index (χ1n) is 9.68. The first-order chi connectivity index (χ1) is 14.6. The molecule has 1 aliphatic rings. The quantitative estimate of drug-likeness (QED) is 0.689. The Bertz CT molecular complexity index is 1020. The minimum atomic E-state index is -0.450. The number of hydrogen-bond acceptors (Lipinski definition) is 6. The molecule has 2 N–H and O–H groups in total. The Morgan fingerprint density at radius 1 is 0.933 bits per heavy atom. The average Bonchev–Trinajstić information content (AvgIpc) is 2.76. The topological polar surface area (TPSA) is 86.3 Å². The highest BCUT2D eigenvalue weighted by molar-refractivity contribution is 5.89. The lowest BCUT2D eigenvalue weighted by Crippen LogP contribution is -2.50. The summed E-state index contributed by atoms with van der Waals surface area (Å²) < 4.78 is 13.7. The fourth-order valence-electron chi connectivity index (χ4n) is 3.20. The van der Waals surface area contributed by atoms with Gasteiger partial charge in [-0.3, -0.25) is 0 Å². The molecule has 9 heteroatoms. The van der Waals surface area contributed by atoms with Crippen LogP contribution in [0.3, 0.4) is 0 Å². The van der Waals surface area contributed by atoms with Gasteiger partial charge in [0.15, 0.2) is 11.6 Å². The number of amides is 2. The maximum atomic E-state index is 13.7. The summed E-state index contributed by atoms with van der Waals surface area (Å²) in [7, 11) is 0. The van der Waals surface area contributed by atoms with Crippen LogP contribution in [0, 0.1) is 12.7 Å². The van der Waals surface area contributed by atoms with E-state index in [1.54, 1.807) is 23.1 Å². The van der Waals surface area contributed by atoms with Gasteiger partial charge in [-0.1, -0.05) is 18.2 Å². The van der Waals surface area contributed by atoms with Crippen LogP contribution in [0.1, 0.15) is 5.69 Å². The van der Waals surface area contributed by atoms with E-state index >= 15 is 0 Å². The Hall–Kier alpha value is -3.75. The van der Waals surface area contributed by atoms with E-state index in [1.165, 1.54) is 6.07 Å². The summed E-state index contributed by atoms with van der Waals surface area (Å²) in [6.45, 7) is 4.18. The van der Waals surface area contributed by atoms with Gasteiger partial charge in [0.25, 0.3) is 0 Å². The Balaban J connectivity index is 1.31. The Morgan fingerprint density at radius 2 is 1.73 bits per heavy atom. The van der Waals surface area contributed by atoms with Crippen molar-refractivity contribution in [3.63, 3.8) is 0 Å². The molecule has 0 radical (unpaired) electrons. The van der Waals surface area contributed by atoms with E-state index in [0.29, 0.717) is 37.8 Å². The summed E-state index contributed by atoms with van der Waals surface area (Å²) in [5.74, 6) is 1.62. The molecule has 0 atom stereocenters. The number of carbonyl (C=O) groups excluding carboxylic acids is 1. The molecule has 3 heterocycles. The van der Waals surface area contributed by atoms with Crippen molar-refractivity contribution in [2.45, 2.75) is 6.92 Å². The second-order valence-corrected chi connectivity index (χ2v) is 6.95. The number of piperazine rings is 1. The maximum Gasteiger partial charge on any atom is 0.322 e. The molecule has 0 unspecified atom stereocenters. The van der Waals surface area contributed by atoms with E-state index < -0.39 is 5.82 Å². The van der Waals surface area contributed by atoms with Crippen molar-refractivity contribution in [2.75, 3.05) is 41.7 Å². The van der Waals surface area contributed by atoms with Crippen molar-refractivity contribution in [1.82, 2.24) is 20.1 Å². The number of rotatable bonds is 4. The number of pyridine rings is 1. The highest BCUT2D eigenvalue weighted by atomic mass is 19.1. The van der Waals surface area contributed by atoms with Crippen LogP contribution in [0.25, 0.3) is 0 Å².